The van der Waals surface area contributed by atoms with Crippen LogP contribution < -0.4 is 0 Å². The summed E-state index contributed by atoms with van der Waals surface area (Å²) in [6.45, 7) is 4.44. The Morgan fingerprint density at radius 1 is 1.17 bits per heavy atom. The summed E-state index contributed by atoms with van der Waals surface area (Å²) in [5.74, 6) is 0.507. The van der Waals surface area contributed by atoms with Gasteiger partial charge in [-0.05, 0) is 29.9 Å². The Labute approximate surface area is 118 Å². The molecule has 1 aromatic carbocycles. The first kappa shape index (κ1) is 15.2. The van der Waals surface area contributed by atoms with Crippen molar-refractivity contribution in [2.45, 2.75) is 37.9 Å². The zero-order chi connectivity index (χ0) is 13.5. The van der Waals surface area contributed by atoms with Gasteiger partial charge in [0.1, 0.15) is 0 Å². The lowest BCUT2D eigenvalue weighted by Gasteiger charge is -2.10. The maximum Gasteiger partial charge on any atom is 0.306 e. The van der Waals surface area contributed by atoms with E-state index in [1.54, 1.807) is 0 Å². The SMILES string of the molecule is COC(=O)CC(Br)Cc1ccc(CC(C)C)cc1. The molecule has 0 saturated heterocycles. The van der Waals surface area contributed by atoms with Gasteiger partial charge in [0.2, 0.25) is 0 Å². The summed E-state index contributed by atoms with van der Waals surface area (Å²) in [4.78, 5) is 11.3. The summed E-state index contributed by atoms with van der Waals surface area (Å²) in [5, 5.41) is 0. The molecule has 1 aromatic rings. The zero-order valence-electron chi connectivity index (χ0n) is 11.3. The minimum absolute atomic E-state index is 0.140. The van der Waals surface area contributed by atoms with Crippen molar-refractivity contribution in [1.29, 1.82) is 0 Å². The molecule has 1 rings (SSSR count). The molecule has 100 valence electrons. The van der Waals surface area contributed by atoms with Crippen LogP contribution in [-0.2, 0) is 22.4 Å². The Morgan fingerprint density at radius 3 is 2.11 bits per heavy atom. The molecule has 0 aliphatic rings. The Hall–Kier alpha value is -0.830. The molecule has 0 radical (unpaired) electrons. The zero-order valence-corrected chi connectivity index (χ0v) is 12.9. The number of alkyl halides is 1. The van der Waals surface area contributed by atoms with E-state index < -0.39 is 0 Å². The molecule has 0 spiro atoms. The van der Waals surface area contributed by atoms with Crippen LogP contribution in [-0.4, -0.2) is 17.9 Å². The van der Waals surface area contributed by atoms with Crippen molar-refractivity contribution in [2.24, 2.45) is 5.92 Å². The number of esters is 1. The summed E-state index contributed by atoms with van der Waals surface area (Å²) in [5.41, 5.74) is 2.61. The summed E-state index contributed by atoms with van der Waals surface area (Å²) in [6, 6.07) is 8.63. The maximum atomic E-state index is 11.1. The smallest absolute Gasteiger partial charge is 0.306 e. The van der Waals surface area contributed by atoms with E-state index in [0.29, 0.717) is 12.3 Å². The lowest BCUT2D eigenvalue weighted by molar-refractivity contribution is -0.140. The van der Waals surface area contributed by atoms with Crippen LogP contribution in [0.25, 0.3) is 0 Å². The average molecular weight is 313 g/mol. The standard InChI is InChI=1S/C15H21BrO2/c1-11(2)8-12-4-6-13(7-5-12)9-14(16)10-15(17)18-3/h4-7,11,14H,8-10H2,1-3H3. The molecular weight excluding hydrogens is 292 g/mol. The molecule has 0 fully saturated rings. The first-order valence-electron chi connectivity index (χ1n) is 6.30. The number of carbonyl (C=O) groups is 1. The largest absolute Gasteiger partial charge is 0.469 e. The van der Waals surface area contributed by atoms with Crippen molar-refractivity contribution < 1.29 is 9.53 Å². The number of benzene rings is 1. The number of halogens is 1. The number of carbonyl (C=O) groups excluding carboxylic acids is 1. The Morgan fingerprint density at radius 2 is 1.67 bits per heavy atom. The molecule has 0 aromatic heterocycles. The van der Waals surface area contributed by atoms with E-state index in [1.165, 1.54) is 18.2 Å². The summed E-state index contributed by atoms with van der Waals surface area (Å²) < 4.78 is 4.65. The topological polar surface area (TPSA) is 26.3 Å². The summed E-state index contributed by atoms with van der Waals surface area (Å²) in [7, 11) is 1.42. The molecule has 0 heterocycles. The fourth-order valence-corrected chi connectivity index (χ4v) is 2.51. The maximum absolute atomic E-state index is 11.1. The van der Waals surface area contributed by atoms with Gasteiger partial charge in [-0.3, -0.25) is 4.79 Å². The van der Waals surface area contributed by atoms with Crippen LogP contribution in [0.4, 0.5) is 0 Å². The second kappa shape index (κ2) is 7.57. The van der Waals surface area contributed by atoms with Crippen LogP contribution in [0.1, 0.15) is 31.4 Å². The van der Waals surface area contributed by atoms with Crippen molar-refractivity contribution in [1.82, 2.24) is 0 Å². The van der Waals surface area contributed by atoms with E-state index in [-0.39, 0.29) is 10.8 Å². The Balaban J connectivity index is 2.50. The van der Waals surface area contributed by atoms with E-state index >= 15 is 0 Å². The highest BCUT2D eigenvalue weighted by molar-refractivity contribution is 9.09. The lowest BCUT2D eigenvalue weighted by atomic mass is 10.00. The van der Waals surface area contributed by atoms with Crippen molar-refractivity contribution in [2.75, 3.05) is 7.11 Å². The molecule has 3 heteroatoms. The summed E-state index contributed by atoms with van der Waals surface area (Å²) >= 11 is 3.51. The molecule has 0 aliphatic heterocycles. The van der Waals surface area contributed by atoms with Gasteiger partial charge in [-0.25, -0.2) is 0 Å². The molecule has 0 amide bonds. The highest BCUT2D eigenvalue weighted by Crippen LogP contribution is 2.16. The highest BCUT2D eigenvalue weighted by atomic mass is 79.9. The van der Waals surface area contributed by atoms with Gasteiger partial charge in [0.15, 0.2) is 0 Å². The lowest BCUT2D eigenvalue weighted by Crippen LogP contribution is -2.11. The monoisotopic (exact) mass is 312 g/mol. The van der Waals surface area contributed by atoms with E-state index in [2.05, 4.69) is 58.8 Å². The van der Waals surface area contributed by atoms with E-state index in [1.807, 2.05) is 0 Å². The number of methoxy groups -OCH3 is 1. The van der Waals surface area contributed by atoms with Gasteiger partial charge in [-0.1, -0.05) is 54.0 Å². The molecule has 18 heavy (non-hydrogen) atoms. The predicted octanol–water partition coefficient (Wildman–Crippen LogP) is 3.75. The van der Waals surface area contributed by atoms with E-state index in [0.717, 1.165) is 12.8 Å². The van der Waals surface area contributed by atoms with Gasteiger partial charge < -0.3 is 4.74 Å². The fraction of sp³-hybridized carbons (Fsp3) is 0.533. The van der Waals surface area contributed by atoms with Gasteiger partial charge in [0.05, 0.1) is 13.5 Å². The van der Waals surface area contributed by atoms with E-state index in [4.69, 9.17) is 0 Å². The fourth-order valence-electron chi connectivity index (χ4n) is 1.87. The highest BCUT2D eigenvalue weighted by Gasteiger charge is 2.11. The van der Waals surface area contributed by atoms with Gasteiger partial charge in [-0.15, -0.1) is 0 Å². The molecule has 2 nitrogen and oxygen atoms in total. The third kappa shape index (κ3) is 5.67. The molecule has 0 bridgehead atoms. The van der Waals surface area contributed by atoms with Crippen LogP contribution in [0.3, 0.4) is 0 Å². The minimum Gasteiger partial charge on any atom is -0.469 e. The Bertz CT molecular complexity index is 371. The van der Waals surface area contributed by atoms with Crippen LogP contribution in [0.2, 0.25) is 0 Å². The second-order valence-corrected chi connectivity index (χ2v) is 6.29. The number of rotatable bonds is 6. The molecule has 0 saturated carbocycles. The van der Waals surface area contributed by atoms with Crippen LogP contribution >= 0.6 is 15.9 Å². The van der Waals surface area contributed by atoms with Gasteiger partial charge in [0.25, 0.3) is 0 Å². The molecule has 0 N–H and O–H groups in total. The van der Waals surface area contributed by atoms with Gasteiger partial charge in [0, 0.05) is 4.83 Å². The van der Waals surface area contributed by atoms with Crippen LogP contribution in [0, 0.1) is 5.92 Å². The van der Waals surface area contributed by atoms with Crippen LogP contribution in [0.5, 0.6) is 0 Å². The molecule has 0 aliphatic carbocycles. The molecular formula is C15H21BrO2. The second-order valence-electron chi connectivity index (χ2n) is 5.00. The van der Waals surface area contributed by atoms with Gasteiger partial charge in [-0.2, -0.15) is 0 Å². The quantitative estimate of drug-likeness (QED) is 0.590. The third-order valence-corrected chi connectivity index (χ3v) is 3.39. The molecule has 1 unspecified atom stereocenters. The normalized spacial score (nSPS) is 12.5. The number of hydrogen-bond acceptors (Lipinski definition) is 2. The van der Waals surface area contributed by atoms with Crippen molar-refractivity contribution in [3.8, 4) is 0 Å². The number of ether oxygens (including phenoxy) is 1. The van der Waals surface area contributed by atoms with Gasteiger partial charge >= 0.3 is 5.97 Å². The van der Waals surface area contributed by atoms with Crippen molar-refractivity contribution in [3.05, 3.63) is 35.4 Å². The first-order chi connectivity index (χ1) is 8.51. The van der Waals surface area contributed by atoms with Crippen LogP contribution in [0.15, 0.2) is 24.3 Å². The first-order valence-corrected chi connectivity index (χ1v) is 7.21. The van der Waals surface area contributed by atoms with E-state index in [9.17, 15) is 4.79 Å². The number of hydrogen-bond donors (Lipinski definition) is 0. The summed E-state index contributed by atoms with van der Waals surface area (Å²) in [6.07, 6.45) is 2.36. The Kier molecular flexibility index (Phi) is 6.41. The minimum atomic E-state index is -0.173. The average Bonchev–Trinajstić information content (AvgIpc) is 2.30. The molecule has 1 atom stereocenters. The third-order valence-electron chi connectivity index (χ3n) is 2.74. The van der Waals surface area contributed by atoms with Crippen molar-refractivity contribution >= 4 is 21.9 Å². The van der Waals surface area contributed by atoms with Crippen molar-refractivity contribution in [3.63, 3.8) is 0 Å². The predicted molar refractivity (Wildman–Crippen MR) is 78.0 cm³/mol.